The molecule has 3 aromatic rings. The Kier molecular flexibility index (Phi) is 7.71. The lowest BCUT2D eigenvalue weighted by molar-refractivity contribution is -0.139. The number of rotatable bonds is 7. The van der Waals surface area contributed by atoms with Gasteiger partial charge in [-0.25, -0.2) is 8.42 Å². The van der Waals surface area contributed by atoms with Crippen LogP contribution in [-0.2, 0) is 16.2 Å². The van der Waals surface area contributed by atoms with E-state index < -0.39 is 33.1 Å². The highest BCUT2D eigenvalue weighted by molar-refractivity contribution is 9.10. The SMILES string of the molecule is C[C@@]1(Oc2cc(NS(=O)(=O)c3cc(Br)c(Sc4ccccc4Cl)s3)ccc2C(F)(F)F)CCNC1. The van der Waals surface area contributed by atoms with Crippen LogP contribution < -0.4 is 14.8 Å². The van der Waals surface area contributed by atoms with E-state index in [9.17, 15) is 21.6 Å². The lowest BCUT2D eigenvalue weighted by Crippen LogP contribution is -2.35. The maximum atomic E-state index is 13.6. The molecule has 0 bridgehead atoms. The minimum Gasteiger partial charge on any atom is -0.485 e. The third-order valence-electron chi connectivity index (χ3n) is 5.16. The first-order valence-corrected chi connectivity index (χ1v) is 14.5. The van der Waals surface area contributed by atoms with Crippen molar-refractivity contribution in [1.29, 1.82) is 0 Å². The smallest absolute Gasteiger partial charge is 0.419 e. The van der Waals surface area contributed by atoms with E-state index in [0.717, 1.165) is 34.4 Å². The molecule has 2 aromatic carbocycles. The molecule has 4 rings (SSSR count). The highest BCUT2D eigenvalue weighted by atomic mass is 79.9. The van der Waals surface area contributed by atoms with Gasteiger partial charge in [0.1, 0.15) is 15.6 Å². The van der Waals surface area contributed by atoms with Crippen LogP contribution in [0, 0.1) is 0 Å². The molecule has 1 atom stereocenters. The van der Waals surface area contributed by atoms with Gasteiger partial charge in [0.15, 0.2) is 0 Å². The molecular weight excluding hydrogens is 609 g/mol. The molecule has 0 aliphatic carbocycles. The van der Waals surface area contributed by atoms with Crippen LogP contribution in [0.2, 0.25) is 5.02 Å². The Hall–Kier alpha value is -1.44. The summed E-state index contributed by atoms with van der Waals surface area (Å²) >= 11 is 11.9. The summed E-state index contributed by atoms with van der Waals surface area (Å²) < 4.78 is 76.2. The van der Waals surface area contributed by atoms with Crippen LogP contribution in [0.3, 0.4) is 0 Å². The molecule has 1 aliphatic rings. The zero-order chi connectivity index (χ0) is 25.4. The van der Waals surface area contributed by atoms with E-state index in [-0.39, 0.29) is 9.90 Å². The number of hydrogen-bond acceptors (Lipinski definition) is 6. The van der Waals surface area contributed by atoms with Gasteiger partial charge in [-0.05, 0) is 59.7 Å². The average Bonchev–Trinajstić information content (AvgIpc) is 3.35. The monoisotopic (exact) mass is 626 g/mol. The predicted octanol–water partition coefficient (Wildman–Crippen LogP) is 7.27. The lowest BCUT2D eigenvalue weighted by atomic mass is 10.1. The average molecular weight is 628 g/mol. The number of sulfonamides is 1. The second-order valence-electron chi connectivity index (χ2n) is 8.03. The zero-order valence-corrected chi connectivity index (χ0v) is 22.9. The van der Waals surface area contributed by atoms with Crippen LogP contribution in [0.25, 0.3) is 0 Å². The number of benzene rings is 2. The van der Waals surface area contributed by atoms with E-state index in [1.807, 2.05) is 12.1 Å². The van der Waals surface area contributed by atoms with E-state index in [0.29, 0.717) is 33.2 Å². The number of thiophene rings is 1. The van der Waals surface area contributed by atoms with Gasteiger partial charge in [-0.15, -0.1) is 11.3 Å². The van der Waals surface area contributed by atoms with E-state index in [1.54, 1.807) is 19.1 Å². The van der Waals surface area contributed by atoms with Gasteiger partial charge in [-0.1, -0.05) is 35.5 Å². The predicted molar refractivity (Wildman–Crippen MR) is 136 cm³/mol. The van der Waals surface area contributed by atoms with Gasteiger partial charge in [-0.3, -0.25) is 4.72 Å². The molecule has 1 saturated heterocycles. The van der Waals surface area contributed by atoms with Gasteiger partial charge in [0.05, 0.1) is 20.5 Å². The Balaban J connectivity index is 1.61. The molecule has 0 radical (unpaired) electrons. The minimum absolute atomic E-state index is 0.00625. The van der Waals surface area contributed by atoms with Crippen molar-refractivity contribution in [2.24, 2.45) is 0 Å². The summed E-state index contributed by atoms with van der Waals surface area (Å²) in [6, 6.07) is 11.6. The number of anilines is 1. The molecule has 0 unspecified atom stereocenters. The van der Waals surface area contributed by atoms with Crippen LogP contribution >= 0.6 is 50.6 Å². The molecule has 0 amide bonds. The van der Waals surface area contributed by atoms with Crippen molar-refractivity contribution >= 4 is 66.3 Å². The van der Waals surface area contributed by atoms with Crippen molar-refractivity contribution in [2.45, 2.75) is 38.4 Å². The molecule has 35 heavy (non-hydrogen) atoms. The quantitative estimate of drug-likeness (QED) is 0.289. The highest BCUT2D eigenvalue weighted by Gasteiger charge is 2.38. The van der Waals surface area contributed by atoms with Crippen LogP contribution in [0.4, 0.5) is 18.9 Å². The van der Waals surface area contributed by atoms with Gasteiger partial charge in [-0.2, -0.15) is 13.2 Å². The molecule has 5 nitrogen and oxygen atoms in total. The summed E-state index contributed by atoms with van der Waals surface area (Å²) in [5, 5.41) is 3.59. The minimum atomic E-state index is -4.65. The first-order chi connectivity index (χ1) is 16.4. The summed E-state index contributed by atoms with van der Waals surface area (Å²) in [6.45, 7) is 2.71. The number of halogens is 5. The van der Waals surface area contributed by atoms with E-state index in [1.165, 1.54) is 17.8 Å². The van der Waals surface area contributed by atoms with Gasteiger partial charge in [0, 0.05) is 28.4 Å². The normalized spacial score (nSPS) is 18.6. The Morgan fingerprint density at radius 1 is 1.23 bits per heavy atom. The molecule has 1 fully saturated rings. The number of alkyl halides is 3. The number of hydrogen-bond donors (Lipinski definition) is 2. The third kappa shape index (κ3) is 6.28. The first-order valence-electron chi connectivity index (χ1n) is 10.2. The maximum absolute atomic E-state index is 13.6. The van der Waals surface area contributed by atoms with Crippen molar-refractivity contribution in [3.05, 3.63) is 63.6 Å². The molecule has 2 heterocycles. The van der Waals surface area contributed by atoms with Crippen molar-refractivity contribution in [3.8, 4) is 5.75 Å². The van der Waals surface area contributed by atoms with Crippen LogP contribution in [0.15, 0.2) is 66.3 Å². The van der Waals surface area contributed by atoms with Crippen molar-refractivity contribution in [3.63, 3.8) is 0 Å². The second kappa shape index (κ2) is 10.1. The molecule has 2 N–H and O–H groups in total. The molecular formula is C22H19BrClF3N2O3S3. The molecule has 13 heteroatoms. The number of ether oxygens (including phenoxy) is 1. The van der Waals surface area contributed by atoms with E-state index in [2.05, 4.69) is 26.0 Å². The Morgan fingerprint density at radius 3 is 2.63 bits per heavy atom. The van der Waals surface area contributed by atoms with Gasteiger partial charge >= 0.3 is 6.18 Å². The standard InChI is InChI=1S/C22H19BrClF3N2O3S3/c1-21(8-9-28-12-21)32-17-10-13(6-7-14(17)22(25,26)27)29-35(30,31)19-11-15(23)20(34-19)33-18-5-3-2-4-16(18)24/h2-7,10-11,28-29H,8-9,12H2,1H3/t21-/m1/s1. The van der Waals surface area contributed by atoms with Crippen molar-refractivity contribution < 1.29 is 26.3 Å². The second-order valence-corrected chi connectivity index (χ2v) is 13.6. The summed E-state index contributed by atoms with van der Waals surface area (Å²) in [4.78, 5) is 0.757. The lowest BCUT2D eigenvalue weighted by Gasteiger charge is -2.27. The zero-order valence-electron chi connectivity index (χ0n) is 18.1. The molecule has 188 valence electrons. The summed E-state index contributed by atoms with van der Waals surface area (Å²) in [5.74, 6) is -0.425. The summed E-state index contributed by atoms with van der Waals surface area (Å²) in [7, 11) is -4.08. The highest BCUT2D eigenvalue weighted by Crippen LogP contribution is 2.44. The Labute approximate surface area is 222 Å². The molecule has 0 spiro atoms. The topological polar surface area (TPSA) is 67.4 Å². The van der Waals surface area contributed by atoms with E-state index in [4.69, 9.17) is 16.3 Å². The summed E-state index contributed by atoms with van der Waals surface area (Å²) in [5.41, 5.74) is -1.83. The fraction of sp³-hybridized carbons (Fsp3) is 0.273. The van der Waals surface area contributed by atoms with Crippen LogP contribution in [-0.4, -0.2) is 27.1 Å². The molecule has 1 aliphatic heterocycles. The van der Waals surface area contributed by atoms with E-state index >= 15 is 0 Å². The van der Waals surface area contributed by atoms with Crippen molar-refractivity contribution in [1.82, 2.24) is 5.32 Å². The fourth-order valence-electron chi connectivity index (χ4n) is 3.42. The van der Waals surface area contributed by atoms with Crippen molar-refractivity contribution in [2.75, 3.05) is 17.8 Å². The third-order valence-corrected chi connectivity index (χ3v) is 11.0. The Morgan fingerprint density at radius 2 is 1.97 bits per heavy atom. The Bertz CT molecular complexity index is 1340. The fourth-order valence-corrected chi connectivity index (χ4v) is 8.36. The maximum Gasteiger partial charge on any atom is 0.419 e. The van der Waals surface area contributed by atoms with Crippen LogP contribution in [0.5, 0.6) is 5.75 Å². The number of nitrogens with one attached hydrogen (secondary N) is 2. The van der Waals surface area contributed by atoms with Gasteiger partial charge < -0.3 is 10.1 Å². The largest absolute Gasteiger partial charge is 0.485 e. The van der Waals surface area contributed by atoms with Crippen LogP contribution in [0.1, 0.15) is 18.9 Å². The summed E-state index contributed by atoms with van der Waals surface area (Å²) in [6.07, 6.45) is -4.13. The van der Waals surface area contributed by atoms with Gasteiger partial charge in [0.2, 0.25) is 0 Å². The van der Waals surface area contributed by atoms with Gasteiger partial charge in [0.25, 0.3) is 10.0 Å². The molecule has 0 saturated carbocycles. The first kappa shape index (κ1) is 26.6. The molecule has 1 aromatic heterocycles.